The maximum Gasteiger partial charge on any atom is 0.186 e. The van der Waals surface area contributed by atoms with Gasteiger partial charge in [-0.15, -0.1) is 0 Å². The summed E-state index contributed by atoms with van der Waals surface area (Å²) < 4.78 is 0. The summed E-state index contributed by atoms with van der Waals surface area (Å²) >= 11 is 1.51. The summed E-state index contributed by atoms with van der Waals surface area (Å²) in [5.41, 5.74) is 0.938. The van der Waals surface area contributed by atoms with Crippen molar-refractivity contribution in [1.82, 2.24) is 4.98 Å². The molecule has 0 radical (unpaired) electrons. The molecule has 0 bridgehead atoms. The number of hydrogen-bond donors (Lipinski definition) is 0. The van der Waals surface area contributed by atoms with E-state index in [2.05, 4.69) is 16.9 Å². The van der Waals surface area contributed by atoms with E-state index in [4.69, 9.17) is 0 Å². The maximum absolute atomic E-state index is 10.8. The Morgan fingerprint density at radius 1 is 1.64 bits per heavy atom. The zero-order valence-electron chi connectivity index (χ0n) is 8.49. The molecule has 1 aliphatic rings. The van der Waals surface area contributed by atoms with Crippen molar-refractivity contribution in [3.05, 3.63) is 10.6 Å². The summed E-state index contributed by atoms with van der Waals surface area (Å²) in [7, 11) is 2.06. The number of carbonyl (C=O) groups excluding carboxylic acids is 1. The number of aldehydes is 1. The lowest BCUT2D eigenvalue weighted by Crippen LogP contribution is -2.18. The second-order valence-corrected chi connectivity index (χ2v) is 4.63. The van der Waals surface area contributed by atoms with Gasteiger partial charge in [-0.3, -0.25) is 4.79 Å². The van der Waals surface area contributed by atoms with E-state index in [9.17, 15) is 4.79 Å². The first-order chi connectivity index (χ1) is 6.76. The summed E-state index contributed by atoms with van der Waals surface area (Å²) in [6.07, 6.45) is 4.27. The first-order valence-corrected chi connectivity index (χ1v) is 5.75. The van der Waals surface area contributed by atoms with Gasteiger partial charge in [0.1, 0.15) is 0 Å². The Kier molecular flexibility index (Phi) is 2.54. The van der Waals surface area contributed by atoms with E-state index in [0.717, 1.165) is 28.4 Å². The van der Waals surface area contributed by atoms with E-state index in [1.807, 2.05) is 6.92 Å². The van der Waals surface area contributed by atoms with Gasteiger partial charge in [0.25, 0.3) is 0 Å². The van der Waals surface area contributed by atoms with Gasteiger partial charge in [0.15, 0.2) is 11.4 Å². The largest absolute Gasteiger partial charge is 0.348 e. The Balaban J connectivity index is 2.25. The van der Waals surface area contributed by atoms with Crippen LogP contribution in [0.25, 0.3) is 0 Å². The van der Waals surface area contributed by atoms with E-state index in [1.165, 1.54) is 24.2 Å². The van der Waals surface area contributed by atoms with Crippen molar-refractivity contribution in [2.45, 2.75) is 32.2 Å². The van der Waals surface area contributed by atoms with Crippen LogP contribution in [0.4, 0.5) is 5.13 Å². The Hall–Kier alpha value is -0.900. The maximum atomic E-state index is 10.8. The summed E-state index contributed by atoms with van der Waals surface area (Å²) in [5.74, 6) is 0. The highest BCUT2D eigenvalue weighted by molar-refractivity contribution is 7.17. The number of hydrogen-bond acceptors (Lipinski definition) is 4. The molecule has 0 aromatic carbocycles. The predicted molar refractivity (Wildman–Crippen MR) is 58.3 cm³/mol. The number of nitrogens with zero attached hydrogens (tertiary/aromatic N) is 2. The molecular weight excluding hydrogens is 196 g/mol. The third-order valence-corrected chi connectivity index (χ3v) is 3.67. The zero-order chi connectivity index (χ0) is 10.1. The molecule has 1 heterocycles. The normalized spacial score (nSPS) is 15.6. The van der Waals surface area contributed by atoms with Crippen LogP contribution < -0.4 is 4.90 Å². The van der Waals surface area contributed by atoms with Gasteiger partial charge in [0.05, 0.1) is 10.6 Å². The van der Waals surface area contributed by atoms with E-state index in [-0.39, 0.29) is 0 Å². The number of aryl methyl sites for hydroxylation is 1. The lowest BCUT2D eigenvalue weighted by Gasteiger charge is -2.13. The van der Waals surface area contributed by atoms with Crippen molar-refractivity contribution in [2.75, 3.05) is 11.9 Å². The van der Waals surface area contributed by atoms with Crippen LogP contribution in [0.5, 0.6) is 0 Å². The molecule has 1 aliphatic carbocycles. The van der Waals surface area contributed by atoms with Gasteiger partial charge >= 0.3 is 0 Å². The topological polar surface area (TPSA) is 33.2 Å². The van der Waals surface area contributed by atoms with E-state index in [1.54, 1.807) is 0 Å². The van der Waals surface area contributed by atoms with Gasteiger partial charge in [-0.25, -0.2) is 4.98 Å². The standard InChI is InChI=1S/C10H14N2OS/c1-3-8-9(6-13)14-10(11-8)12(2)7-4-5-7/h6-7H,3-5H2,1-2H3. The zero-order valence-corrected chi connectivity index (χ0v) is 9.30. The molecule has 1 saturated carbocycles. The Bertz CT molecular complexity index is 344. The first-order valence-electron chi connectivity index (χ1n) is 4.94. The molecule has 1 aromatic heterocycles. The second-order valence-electron chi connectivity index (χ2n) is 3.62. The van der Waals surface area contributed by atoms with Gasteiger partial charge in [-0.1, -0.05) is 18.3 Å². The van der Waals surface area contributed by atoms with Crippen molar-refractivity contribution in [3.63, 3.8) is 0 Å². The molecule has 2 rings (SSSR count). The quantitative estimate of drug-likeness (QED) is 0.714. The van der Waals surface area contributed by atoms with Gasteiger partial charge < -0.3 is 4.90 Å². The van der Waals surface area contributed by atoms with Crippen molar-refractivity contribution in [2.24, 2.45) is 0 Å². The Labute approximate surface area is 87.8 Å². The fourth-order valence-corrected chi connectivity index (χ4v) is 2.47. The number of thiazole rings is 1. The molecule has 0 saturated heterocycles. The van der Waals surface area contributed by atoms with Crippen molar-refractivity contribution in [1.29, 1.82) is 0 Å². The molecule has 0 atom stereocenters. The van der Waals surface area contributed by atoms with Crippen LogP contribution in [-0.4, -0.2) is 24.4 Å². The Morgan fingerprint density at radius 2 is 2.36 bits per heavy atom. The number of carbonyl (C=O) groups is 1. The molecule has 0 aliphatic heterocycles. The molecule has 1 fully saturated rings. The minimum atomic E-state index is 0.658. The van der Waals surface area contributed by atoms with E-state index >= 15 is 0 Å². The molecule has 4 heteroatoms. The lowest BCUT2D eigenvalue weighted by molar-refractivity contribution is 0.112. The van der Waals surface area contributed by atoms with Crippen LogP contribution >= 0.6 is 11.3 Å². The van der Waals surface area contributed by atoms with Crippen LogP contribution in [0.2, 0.25) is 0 Å². The fraction of sp³-hybridized carbons (Fsp3) is 0.600. The van der Waals surface area contributed by atoms with Gasteiger partial charge in [-0.05, 0) is 19.3 Å². The predicted octanol–water partition coefficient (Wildman–Crippen LogP) is 2.12. The third kappa shape index (κ3) is 1.66. The molecule has 1 aromatic rings. The minimum Gasteiger partial charge on any atom is -0.348 e. The average Bonchev–Trinajstić information content (AvgIpc) is 2.96. The molecule has 76 valence electrons. The monoisotopic (exact) mass is 210 g/mol. The Morgan fingerprint density at radius 3 is 2.79 bits per heavy atom. The highest BCUT2D eigenvalue weighted by Gasteiger charge is 2.28. The number of aromatic nitrogens is 1. The highest BCUT2D eigenvalue weighted by atomic mass is 32.1. The van der Waals surface area contributed by atoms with E-state index < -0.39 is 0 Å². The van der Waals surface area contributed by atoms with E-state index in [0.29, 0.717) is 6.04 Å². The fourth-order valence-electron chi connectivity index (χ4n) is 1.46. The molecule has 0 unspecified atom stereocenters. The van der Waals surface area contributed by atoms with Crippen LogP contribution in [-0.2, 0) is 6.42 Å². The SMILES string of the molecule is CCc1nc(N(C)C2CC2)sc1C=O. The van der Waals surface area contributed by atoms with Crippen LogP contribution in [0.15, 0.2) is 0 Å². The van der Waals surface area contributed by atoms with Gasteiger partial charge in [0, 0.05) is 13.1 Å². The summed E-state index contributed by atoms with van der Waals surface area (Å²) in [4.78, 5) is 18.2. The summed E-state index contributed by atoms with van der Waals surface area (Å²) in [6.45, 7) is 2.03. The molecular formula is C10H14N2OS. The molecule has 0 spiro atoms. The lowest BCUT2D eigenvalue weighted by atomic mass is 10.3. The average molecular weight is 210 g/mol. The van der Waals surface area contributed by atoms with Gasteiger partial charge in [0.2, 0.25) is 0 Å². The molecule has 0 amide bonds. The van der Waals surface area contributed by atoms with Crippen LogP contribution in [0, 0.1) is 0 Å². The third-order valence-electron chi connectivity index (χ3n) is 2.55. The number of anilines is 1. The molecule has 3 nitrogen and oxygen atoms in total. The number of rotatable bonds is 4. The summed E-state index contributed by atoms with van der Waals surface area (Å²) in [5, 5.41) is 0.992. The molecule has 0 N–H and O–H groups in total. The van der Waals surface area contributed by atoms with Gasteiger partial charge in [-0.2, -0.15) is 0 Å². The minimum absolute atomic E-state index is 0.658. The van der Waals surface area contributed by atoms with Crippen LogP contribution in [0.1, 0.15) is 35.1 Å². The van der Waals surface area contributed by atoms with Crippen molar-refractivity contribution in [3.8, 4) is 0 Å². The first kappa shape index (κ1) is 9.65. The van der Waals surface area contributed by atoms with Crippen molar-refractivity contribution >= 4 is 22.8 Å². The summed E-state index contributed by atoms with van der Waals surface area (Å²) in [6, 6.07) is 0.658. The smallest absolute Gasteiger partial charge is 0.186 e. The van der Waals surface area contributed by atoms with Crippen LogP contribution in [0.3, 0.4) is 0 Å². The van der Waals surface area contributed by atoms with Crippen molar-refractivity contribution < 1.29 is 4.79 Å². The second kappa shape index (κ2) is 3.69. The highest BCUT2D eigenvalue weighted by Crippen LogP contribution is 2.33. The molecule has 14 heavy (non-hydrogen) atoms.